The minimum absolute atomic E-state index is 0.0369. The molecule has 1 aromatic heterocycles. The molecule has 8 atom stereocenters. The number of benzene rings is 1. The van der Waals surface area contributed by atoms with Crippen LogP contribution in [0.3, 0.4) is 0 Å². The first kappa shape index (κ1) is 25.0. The number of aromatic nitrogens is 1. The van der Waals surface area contributed by atoms with E-state index in [2.05, 4.69) is 19.2 Å². The van der Waals surface area contributed by atoms with Crippen molar-refractivity contribution in [2.24, 2.45) is 5.92 Å². The Kier molecular flexibility index (Phi) is 8.24. The van der Waals surface area contributed by atoms with Crippen molar-refractivity contribution in [2.75, 3.05) is 6.61 Å². The van der Waals surface area contributed by atoms with Gasteiger partial charge in [-0.25, -0.2) is 4.79 Å². The van der Waals surface area contributed by atoms with E-state index in [-0.39, 0.29) is 29.9 Å². The number of carboxylic acid groups (broad SMARTS) is 1. The second-order valence-corrected chi connectivity index (χ2v) is 10.4. The Morgan fingerprint density at radius 2 is 1.78 bits per heavy atom. The lowest BCUT2D eigenvalue weighted by Crippen LogP contribution is -2.56. The number of hydrogen-bond acceptors (Lipinski definition) is 7. The molecule has 0 bridgehead atoms. The molecule has 0 saturated carbocycles. The minimum Gasteiger partial charge on any atom is -0.464 e. The van der Waals surface area contributed by atoms with E-state index in [1.54, 1.807) is 12.3 Å². The molecule has 2 heterocycles. The van der Waals surface area contributed by atoms with Gasteiger partial charge in [0, 0.05) is 28.9 Å². The number of para-hydroxylation sites is 1. The highest BCUT2D eigenvalue weighted by Crippen LogP contribution is 2.38. The van der Waals surface area contributed by atoms with Gasteiger partial charge in [-0.1, -0.05) is 25.1 Å². The zero-order valence-corrected chi connectivity index (χ0v) is 19.4. The minimum atomic E-state index is -1.27. The Bertz CT molecular complexity index is 919. The Morgan fingerprint density at radius 3 is 2.44 bits per heavy atom. The lowest BCUT2D eigenvalue weighted by atomic mass is 9.90. The zero-order valence-electron chi connectivity index (χ0n) is 18.6. The SMILES string of the molecule is CC(CC(C)[C@@H]1S[C@H](CO)[C@H](O)[C@H](O)[C@H]1O)N[C@H](C)Cc1cn(C(=O)O)c2ccccc12. The van der Waals surface area contributed by atoms with Crippen molar-refractivity contribution in [3.8, 4) is 0 Å². The predicted molar refractivity (Wildman–Crippen MR) is 125 cm³/mol. The van der Waals surface area contributed by atoms with E-state index < -0.39 is 29.7 Å². The van der Waals surface area contributed by atoms with Crippen molar-refractivity contribution in [1.82, 2.24) is 9.88 Å². The van der Waals surface area contributed by atoms with Gasteiger partial charge in [-0.2, -0.15) is 0 Å². The molecule has 6 N–H and O–H groups in total. The van der Waals surface area contributed by atoms with Gasteiger partial charge in [-0.15, -0.1) is 11.8 Å². The van der Waals surface area contributed by atoms with Crippen LogP contribution in [0.25, 0.3) is 10.9 Å². The molecule has 1 fully saturated rings. The van der Waals surface area contributed by atoms with Gasteiger partial charge >= 0.3 is 6.09 Å². The summed E-state index contributed by atoms with van der Waals surface area (Å²) in [6.07, 6.45) is -1.40. The highest BCUT2D eigenvalue weighted by molar-refractivity contribution is 8.00. The fourth-order valence-electron chi connectivity index (χ4n) is 4.81. The third kappa shape index (κ3) is 5.30. The number of aliphatic hydroxyl groups excluding tert-OH is 4. The second-order valence-electron chi connectivity index (χ2n) is 9.00. The molecule has 32 heavy (non-hydrogen) atoms. The molecule has 9 heteroatoms. The number of aliphatic hydroxyl groups is 4. The van der Waals surface area contributed by atoms with Crippen LogP contribution in [0.1, 0.15) is 32.8 Å². The quantitative estimate of drug-likeness (QED) is 0.346. The van der Waals surface area contributed by atoms with Gasteiger partial charge in [-0.3, -0.25) is 4.57 Å². The summed E-state index contributed by atoms with van der Waals surface area (Å²) in [7, 11) is 0. The van der Waals surface area contributed by atoms with Crippen LogP contribution in [0.4, 0.5) is 4.79 Å². The number of nitrogens with zero attached hydrogens (tertiary/aromatic N) is 1. The molecule has 0 spiro atoms. The molecule has 178 valence electrons. The third-order valence-electron chi connectivity index (χ3n) is 6.31. The van der Waals surface area contributed by atoms with E-state index in [0.29, 0.717) is 11.9 Å². The zero-order chi connectivity index (χ0) is 23.6. The maximum Gasteiger partial charge on any atom is 0.416 e. The molecule has 8 nitrogen and oxygen atoms in total. The van der Waals surface area contributed by atoms with Crippen molar-refractivity contribution in [3.63, 3.8) is 0 Å². The van der Waals surface area contributed by atoms with E-state index in [4.69, 9.17) is 0 Å². The summed E-state index contributed by atoms with van der Waals surface area (Å²) in [6.45, 7) is 5.86. The molecular weight excluding hydrogens is 432 g/mol. The summed E-state index contributed by atoms with van der Waals surface area (Å²) in [6, 6.07) is 7.66. The topological polar surface area (TPSA) is 135 Å². The molecule has 1 aliphatic rings. The van der Waals surface area contributed by atoms with Gasteiger partial charge in [0.1, 0.15) is 6.10 Å². The van der Waals surface area contributed by atoms with Crippen LogP contribution >= 0.6 is 11.8 Å². The molecule has 0 amide bonds. The van der Waals surface area contributed by atoms with Crippen LogP contribution < -0.4 is 5.32 Å². The summed E-state index contributed by atoms with van der Waals surface area (Å²) in [4.78, 5) is 11.6. The van der Waals surface area contributed by atoms with Gasteiger partial charge in [0.2, 0.25) is 0 Å². The van der Waals surface area contributed by atoms with Crippen LogP contribution in [0.15, 0.2) is 30.5 Å². The first-order valence-electron chi connectivity index (χ1n) is 11.0. The fourth-order valence-corrected chi connectivity index (χ4v) is 6.32. The Hall–Kier alpha value is -1.62. The monoisotopic (exact) mass is 466 g/mol. The van der Waals surface area contributed by atoms with Crippen molar-refractivity contribution in [3.05, 3.63) is 36.0 Å². The molecule has 1 aromatic carbocycles. The van der Waals surface area contributed by atoms with Crippen LogP contribution in [-0.4, -0.2) is 83.7 Å². The van der Waals surface area contributed by atoms with Gasteiger partial charge in [-0.05, 0) is 44.2 Å². The van der Waals surface area contributed by atoms with Crippen LogP contribution in [0, 0.1) is 5.92 Å². The van der Waals surface area contributed by atoms with Crippen molar-refractivity contribution >= 4 is 28.8 Å². The van der Waals surface area contributed by atoms with E-state index in [1.807, 2.05) is 25.1 Å². The van der Waals surface area contributed by atoms with Crippen molar-refractivity contribution in [1.29, 1.82) is 0 Å². The van der Waals surface area contributed by atoms with Gasteiger partial charge in [0.15, 0.2) is 0 Å². The van der Waals surface area contributed by atoms with Gasteiger partial charge < -0.3 is 30.8 Å². The number of fused-ring (bicyclic) bond motifs is 1. The summed E-state index contributed by atoms with van der Waals surface area (Å²) >= 11 is 1.33. The highest BCUT2D eigenvalue weighted by Gasteiger charge is 2.44. The number of hydrogen-bond donors (Lipinski definition) is 6. The largest absolute Gasteiger partial charge is 0.464 e. The first-order chi connectivity index (χ1) is 15.1. The maximum absolute atomic E-state index is 11.6. The molecule has 2 unspecified atom stereocenters. The highest BCUT2D eigenvalue weighted by atomic mass is 32.2. The summed E-state index contributed by atoms with van der Waals surface area (Å²) < 4.78 is 1.25. The number of thioether (sulfide) groups is 1. The lowest BCUT2D eigenvalue weighted by Gasteiger charge is -2.42. The maximum atomic E-state index is 11.6. The first-order valence-corrected chi connectivity index (χ1v) is 12.0. The summed E-state index contributed by atoms with van der Waals surface area (Å²) in [5.74, 6) is 0.0369. The smallest absolute Gasteiger partial charge is 0.416 e. The number of rotatable bonds is 8. The molecular formula is C23H34N2O6S. The second kappa shape index (κ2) is 10.5. The normalized spacial score (nSPS) is 29.0. The van der Waals surface area contributed by atoms with Crippen molar-refractivity contribution in [2.45, 2.75) is 74.5 Å². The van der Waals surface area contributed by atoms with Crippen LogP contribution in [-0.2, 0) is 6.42 Å². The Labute approximate surface area is 192 Å². The van der Waals surface area contributed by atoms with Crippen LogP contribution in [0.5, 0.6) is 0 Å². The predicted octanol–water partition coefficient (Wildman–Crippen LogP) is 1.66. The Balaban J connectivity index is 1.61. The van der Waals surface area contributed by atoms with Crippen LogP contribution in [0.2, 0.25) is 0 Å². The fraction of sp³-hybridized carbons (Fsp3) is 0.609. The summed E-state index contributed by atoms with van der Waals surface area (Å²) in [5, 5.41) is 53.2. The standard InChI is InChI=1S/C23H34N2O6S/c1-12(22-21(29)20(28)19(27)18(11-26)32-22)8-13(2)24-14(3)9-15-10-25(23(30)31)17-7-5-4-6-16(15)17/h4-7,10,12-14,18-22,24,26-29H,8-9,11H2,1-3H3,(H,30,31)/t12?,13?,14-,18-,19+,20+,21-,22+/m1/s1. The van der Waals surface area contributed by atoms with E-state index in [9.17, 15) is 30.3 Å². The average Bonchev–Trinajstić information content (AvgIpc) is 3.10. The lowest BCUT2D eigenvalue weighted by molar-refractivity contribution is -0.0744. The van der Waals surface area contributed by atoms with E-state index in [1.165, 1.54) is 16.3 Å². The van der Waals surface area contributed by atoms with Gasteiger partial charge in [0.25, 0.3) is 0 Å². The van der Waals surface area contributed by atoms with E-state index in [0.717, 1.165) is 17.4 Å². The average molecular weight is 467 g/mol. The molecule has 1 aliphatic heterocycles. The molecule has 1 saturated heterocycles. The molecule has 2 aromatic rings. The molecule has 3 rings (SSSR count). The van der Waals surface area contributed by atoms with Gasteiger partial charge in [0.05, 0.1) is 29.6 Å². The Morgan fingerprint density at radius 1 is 1.09 bits per heavy atom. The molecule has 0 aliphatic carbocycles. The van der Waals surface area contributed by atoms with E-state index >= 15 is 0 Å². The third-order valence-corrected chi connectivity index (χ3v) is 8.15. The van der Waals surface area contributed by atoms with Crippen molar-refractivity contribution < 1.29 is 30.3 Å². The number of nitrogens with one attached hydrogen (secondary N) is 1. The molecule has 0 radical (unpaired) electrons. The number of carbonyl (C=O) groups is 1. The summed E-state index contributed by atoms with van der Waals surface area (Å²) in [5.41, 5.74) is 1.63.